The van der Waals surface area contributed by atoms with Crippen LogP contribution in [-0.4, -0.2) is 28.9 Å². The molecule has 10 heavy (non-hydrogen) atoms. The molecule has 0 aliphatic heterocycles. The standard InChI is InChI=1S/C5H10O5/c1-3(6)9-4(2)10-5(7)8/h3-4,6H,1-2H3,(H,7,8). The average molecular weight is 150 g/mol. The Balaban J connectivity index is 3.43. The van der Waals surface area contributed by atoms with E-state index in [-0.39, 0.29) is 0 Å². The molecule has 5 nitrogen and oxygen atoms in total. The Labute approximate surface area is 58.2 Å². The van der Waals surface area contributed by atoms with E-state index >= 15 is 0 Å². The van der Waals surface area contributed by atoms with Crippen LogP contribution in [0.5, 0.6) is 0 Å². The second kappa shape index (κ2) is 4.08. The molecule has 0 heterocycles. The molecule has 2 atom stereocenters. The van der Waals surface area contributed by atoms with Crippen molar-refractivity contribution in [3.8, 4) is 0 Å². The minimum atomic E-state index is -1.42. The molecule has 0 fully saturated rings. The summed E-state index contributed by atoms with van der Waals surface area (Å²) >= 11 is 0. The van der Waals surface area contributed by atoms with Gasteiger partial charge >= 0.3 is 6.16 Å². The van der Waals surface area contributed by atoms with Gasteiger partial charge in [-0.1, -0.05) is 0 Å². The average Bonchev–Trinajstić information content (AvgIpc) is 1.58. The quantitative estimate of drug-likeness (QED) is 0.449. The summed E-state index contributed by atoms with van der Waals surface area (Å²) in [7, 11) is 0. The molecule has 0 aromatic carbocycles. The number of rotatable bonds is 3. The van der Waals surface area contributed by atoms with E-state index in [0.29, 0.717) is 0 Å². The predicted octanol–water partition coefficient (Wildman–Crippen LogP) is 0.382. The van der Waals surface area contributed by atoms with Crippen molar-refractivity contribution < 1.29 is 24.5 Å². The summed E-state index contributed by atoms with van der Waals surface area (Å²) < 4.78 is 8.61. The molecule has 0 spiro atoms. The largest absolute Gasteiger partial charge is 0.508 e. The van der Waals surface area contributed by atoms with E-state index in [9.17, 15) is 4.79 Å². The molecule has 5 heteroatoms. The van der Waals surface area contributed by atoms with Gasteiger partial charge < -0.3 is 19.7 Å². The number of carboxylic acid groups (broad SMARTS) is 1. The molecular formula is C5H10O5. The summed E-state index contributed by atoms with van der Waals surface area (Å²) in [5.41, 5.74) is 0. The Morgan fingerprint density at radius 1 is 1.50 bits per heavy atom. The molecule has 0 rings (SSSR count). The van der Waals surface area contributed by atoms with E-state index in [1.807, 2.05) is 0 Å². The monoisotopic (exact) mass is 150 g/mol. The van der Waals surface area contributed by atoms with Crippen LogP contribution in [0.4, 0.5) is 4.79 Å². The fraction of sp³-hybridized carbons (Fsp3) is 0.800. The van der Waals surface area contributed by atoms with E-state index in [0.717, 1.165) is 0 Å². The number of aliphatic hydroxyl groups is 1. The summed E-state index contributed by atoms with van der Waals surface area (Å²) in [6.45, 7) is 2.74. The molecule has 0 bridgehead atoms. The summed E-state index contributed by atoms with van der Waals surface area (Å²) in [6.07, 6.45) is -3.38. The van der Waals surface area contributed by atoms with Crippen molar-refractivity contribution in [3.63, 3.8) is 0 Å². The molecule has 2 unspecified atom stereocenters. The Morgan fingerprint density at radius 2 is 2.00 bits per heavy atom. The zero-order valence-corrected chi connectivity index (χ0v) is 5.77. The Bertz CT molecular complexity index is 111. The fourth-order valence-electron chi connectivity index (χ4n) is 0.447. The molecule has 0 saturated carbocycles. The van der Waals surface area contributed by atoms with Crippen LogP contribution in [0, 0.1) is 0 Å². The lowest BCUT2D eigenvalue weighted by atomic mass is 10.7. The van der Waals surface area contributed by atoms with Gasteiger partial charge in [-0.15, -0.1) is 0 Å². The maximum Gasteiger partial charge on any atom is 0.508 e. The van der Waals surface area contributed by atoms with Gasteiger partial charge in [0.05, 0.1) is 0 Å². The SMILES string of the molecule is CC(O)OC(C)OC(=O)O. The van der Waals surface area contributed by atoms with E-state index in [2.05, 4.69) is 9.47 Å². The van der Waals surface area contributed by atoms with Crippen LogP contribution < -0.4 is 0 Å². The second-order valence-corrected chi connectivity index (χ2v) is 1.69. The van der Waals surface area contributed by atoms with Gasteiger partial charge in [-0.3, -0.25) is 0 Å². The second-order valence-electron chi connectivity index (χ2n) is 1.69. The van der Waals surface area contributed by atoms with Gasteiger partial charge in [0.25, 0.3) is 0 Å². The molecule has 0 aliphatic rings. The van der Waals surface area contributed by atoms with Crippen molar-refractivity contribution in [2.24, 2.45) is 0 Å². The number of hydrogen-bond acceptors (Lipinski definition) is 4. The van der Waals surface area contributed by atoms with Crippen LogP contribution in [0.15, 0.2) is 0 Å². The number of aliphatic hydroxyl groups excluding tert-OH is 1. The third-order valence-electron chi connectivity index (χ3n) is 0.655. The number of carbonyl (C=O) groups is 1. The lowest BCUT2D eigenvalue weighted by molar-refractivity contribution is -0.195. The van der Waals surface area contributed by atoms with E-state index < -0.39 is 18.7 Å². The molecule has 60 valence electrons. The first-order chi connectivity index (χ1) is 4.52. The summed E-state index contributed by atoms with van der Waals surface area (Å²) in [5.74, 6) is 0. The lowest BCUT2D eigenvalue weighted by Gasteiger charge is -2.12. The molecule has 0 aliphatic carbocycles. The lowest BCUT2D eigenvalue weighted by Crippen LogP contribution is -2.21. The zero-order chi connectivity index (χ0) is 8.15. The molecule has 0 aromatic heterocycles. The minimum absolute atomic E-state index is 0.933. The third kappa shape index (κ3) is 5.33. The first-order valence-corrected chi connectivity index (χ1v) is 2.75. The zero-order valence-electron chi connectivity index (χ0n) is 5.77. The number of ether oxygens (including phenoxy) is 2. The van der Waals surface area contributed by atoms with E-state index in [4.69, 9.17) is 10.2 Å². The van der Waals surface area contributed by atoms with Crippen molar-refractivity contribution in [2.75, 3.05) is 0 Å². The van der Waals surface area contributed by atoms with Gasteiger partial charge in [0.15, 0.2) is 6.29 Å². The van der Waals surface area contributed by atoms with Gasteiger partial charge in [0.1, 0.15) is 0 Å². The van der Waals surface area contributed by atoms with Crippen molar-refractivity contribution in [1.82, 2.24) is 0 Å². The topological polar surface area (TPSA) is 76.0 Å². The summed E-state index contributed by atoms with van der Waals surface area (Å²) in [4.78, 5) is 9.81. The van der Waals surface area contributed by atoms with Crippen LogP contribution in [0.25, 0.3) is 0 Å². The van der Waals surface area contributed by atoms with Crippen molar-refractivity contribution >= 4 is 6.16 Å². The molecule has 0 radical (unpaired) electrons. The highest BCUT2D eigenvalue weighted by molar-refractivity contribution is 5.56. The van der Waals surface area contributed by atoms with Gasteiger partial charge in [0, 0.05) is 0 Å². The summed E-state index contributed by atoms with van der Waals surface area (Å²) in [5, 5.41) is 16.6. The first-order valence-electron chi connectivity index (χ1n) is 2.75. The highest BCUT2D eigenvalue weighted by atomic mass is 16.8. The Kier molecular flexibility index (Phi) is 3.75. The van der Waals surface area contributed by atoms with Crippen LogP contribution >= 0.6 is 0 Å². The molecule has 0 aromatic rings. The van der Waals surface area contributed by atoms with Crippen LogP contribution in [0.3, 0.4) is 0 Å². The van der Waals surface area contributed by atoms with Gasteiger partial charge in [-0.2, -0.15) is 0 Å². The van der Waals surface area contributed by atoms with Gasteiger partial charge in [-0.05, 0) is 13.8 Å². The van der Waals surface area contributed by atoms with Crippen LogP contribution in [0.1, 0.15) is 13.8 Å². The number of hydrogen-bond donors (Lipinski definition) is 2. The normalized spacial score (nSPS) is 15.9. The highest BCUT2D eigenvalue weighted by Gasteiger charge is 2.08. The fourth-order valence-corrected chi connectivity index (χ4v) is 0.447. The van der Waals surface area contributed by atoms with E-state index in [1.54, 1.807) is 0 Å². The third-order valence-corrected chi connectivity index (χ3v) is 0.655. The Hall–Kier alpha value is -0.810. The molecule has 0 amide bonds. The Morgan fingerprint density at radius 3 is 2.30 bits per heavy atom. The van der Waals surface area contributed by atoms with E-state index in [1.165, 1.54) is 13.8 Å². The maximum atomic E-state index is 9.81. The van der Waals surface area contributed by atoms with Gasteiger partial charge in [-0.25, -0.2) is 4.79 Å². The maximum absolute atomic E-state index is 9.81. The first kappa shape index (κ1) is 9.19. The minimum Gasteiger partial charge on any atom is -0.450 e. The predicted molar refractivity (Wildman–Crippen MR) is 31.3 cm³/mol. The van der Waals surface area contributed by atoms with Crippen molar-refractivity contribution in [1.29, 1.82) is 0 Å². The summed E-state index contributed by atoms with van der Waals surface area (Å²) in [6, 6.07) is 0. The molecule has 2 N–H and O–H groups in total. The van der Waals surface area contributed by atoms with Crippen molar-refractivity contribution in [3.05, 3.63) is 0 Å². The van der Waals surface area contributed by atoms with Crippen LogP contribution in [0.2, 0.25) is 0 Å². The molecular weight excluding hydrogens is 140 g/mol. The van der Waals surface area contributed by atoms with Crippen LogP contribution in [-0.2, 0) is 9.47 Å². The highest BCUT2D eigenvalue weighted by Crippen LogP contribution is 1.96. The van der Waals surface area contributed by atoms with Crippen molar-refractivity contribution in [2.45, 2.75) is 26.4 Å². The van der Waals surface area contributed by atoms with Gasteiger partial charge in [0.2, 0.25) is 6.29 Å². The smallest absolute Gasteiger partial charge is 0.450 e. The molecule has 0 saturated heterocycles.